The van der Waals surface area contributed by atoms with E-state index in [0.29, 0.717) is 0 Å². The maximum atomic E-state index is 5.54. The molecule has 112 valence electrons. The van der Waals surface area contributed by atoms with E-state index >= 15 is 0 Å². The summed E-state index contributed by atoms with van der Waals surface area (Å²) in [5, 5.41) is 7.82. The van der Waals surface area contributed by atoms with Crippen molar-refractivity contribution < 1.29 is 4.74 Å². The van der Waals surface area contributed by atoms with Gasteiger partial charge in [0, 0.05) is 25.4 Å². The van der Waals surface area contributed by atoms with Crippen molar-refractivity contribution in [3.63, 3.8) is 0 Å². The van der Waals surface area contributed by atoms with Gasteiger partial charge in [-0.1, -0.05) is 12.1 Å². The summed E-state index contributed by atoms with van der Waals surface area (Å²) in [6.45, 7) is 3.64. The lowest BCUT2D eigenvalue weighted by Gasteiger charge is -2.08. The van der Waals surface area contributed by atoms with E-state index in [2.05, 4.69) is 33.6 Å². The van der Waals surface area contributed by atoms with Crippen LogP contribution < -0.4 is 10.1 Å². The van der Waals surface area contributed by atoms with Crippen molar-refractivity contribution >= 4 is 11.3 Å². The molecule has 0 saturated carbocycles. The molecular formula is C17H18N4O. The highest BCUT2D eigenvalue weighted by molar-refractivity contribution is 5.67. The van der Waals surface area contributed by atoms with E-state index in [4.69, 9.17) is 4.74 Å². The number of nitrogens with zero attached hydrogens (tertiary/aromatic N) is 3. The summed E-state index contributed by atoms with van der Waals surface area (Å²) in [4.78, 5) is 4.42. The third-order valence-electron chi connectivity index (χ3n) is 3.97. The summed E-state index contributed by atoms with van der Waals surface area (Å²) in [6.07, 6.45) is 5.62. The molecule has 0 unspecified atom stereocenters. The molecule has 1 aromatic carbocycles. The quantitative estimate of drug-likeness (QED) is 0.803. The molecule has 2 aromatic heterocycles. The Kier molecular flexibility index (Phi) is 3.18. The lowest BCUT2D eigenvalue weighted by atomic mass is 10.1. The monoisotopic (exact) mass is 294 g/mol. The summed E-state index contributed by atoms with van der Waals surface area (Å²) < 4.78 is 7.40. The number of anilines is 1. The SMILES string of the molecule is Cc1cc2c(NCCc3ccc4c(c3)CCO4)nccn2n1. The third kappa shape index (κ3) is 2.39. The van der Waals surface area contributed by atoms with Crippen LogP contribution in [0, 0.1) is 6.92 Å². The second-order valence-corrected chi connectivity index (χ2v) is 5.61. The van der Waals surface area contributed by atoms with Crippen LogP contribution in [-0.2, 0) is 12.8 Å². The Morgan fingerprint density at radius 1 is 1.32 bits per heavy atom. The number of hydrogen-bond donors (Lipinski definition) is 1. The topological polar surface area (TPSA) is 51.5 Å². The van der Waals surface area contributed by atoms with E-state index in [1.54, 1.807) is 6.20 Å². The standard InChI is InChI=1S/C17H18N4O/c1-12-10-15-17(19-7-8-21(15)20-12)18-6-4-13-2-3-16-14(11-13)5-9-22-16/h2-3,7-8,10-11H,4-6,9H2,1H3,(H,18,19). The largest absolute Gasteiger partial charge is 0.493 e. The Morgan fingerprint density at radius 3 is 3.23 bits per heavy atom. The van der Waals surface area contributed by atoms with Gasteiger partial charge in [-0.25, -0.2) is 9.50 Å². The van der Waals surface area contributed by atoms with E-state index in [1.807, 2.05) is 23.7 Å². The van der Waals surface area contributed by atoms with Crippen molar-refractivity contribution in [2.75, 3.05) is 18.5 Å². The summed E-state index contributed by atoms with van der Waals surface area (Å²) in [5.74, 6) is 1.92. The predicted molar refractivity (Wildman–Crippen MR) is 85.6 cm³/mol. The number of aromatic nitrogens is 3. The average Bonchev–Trinajstić information content (AvgIpc) is 3.12. The molecule has 0 saturated heterocycles. The van der Waals surface area contributed by atoms with Crippen LogP contribution in [0.5, 0.6) is 5.75 Å². The number of fused-ring (bicyclic) bond motifs is 2. The maximum Gasteiger partial charge on any atom is 0.152 e. The van der Waals surface area contributed by atoms with Crippen LogP contribution >= 0.6 is 0 Å². The molecule has 0 bridgehead atoms. The number of aryl methyl sites for hydroxylation is 1. The molecule has 1 aliphatic heterocycles. The maximum absolute atomic E-state index is 5.54. The Balaban J connectivity index is 1.46. The zero-order valence-corrected chi connectivity index (χ0v) is 12.5. The van der Waals surface area contributed by atoms with Gasteiger partial charge in [-0.15, -0.1) is 0 Å². The van der Waals surface area contributed by atoms with Gasteiger partial charge in [-0.3, -0.25) is 0 Å². The van der Waals surface area contributed by atoms with Crippen LogP contribution in [0.4, 0.5) is 5.82 Å². The summed E-state index contributed by atoms with van der Waals surface area (Å²) in [6, 6.07) is 8.52. The highest BCUT2D eigenvalue weighted by Crippen LogP contribution is 2.26. The van der Waals surface area contributed by atoms with Gasteiger partial charge in [0.05, 0.1) is 12.3 Å². The van der Waals surface area contributed by atoms with Crippen LogP contribution in [-0.4, -0.2) is 27.7 Å². The van der Waals surface area contributed by atoms with Gasteiger partial charge in [0.25, 0.3) is 0 Å². The van der Waals surface area contributed by atoms with Crippen LogP contribution in [0.25, 0.3) is 5.52 Å². The molecule has 4 rings (SSSR count). The summed E-state index contributed by atoms with van der Waals surface area (Å²) in [5.41, 5.74) is 4.66. The Bertz CT molecular complexity index is 825. The van der Waals surface area contributed by atoms with Crippen LogP contribution in [0.2, 0.25) is 0 Å². The van der Waals surface area contributed by atoms with Gasteiger partial charge >= 0.3 is 0 Å². The molecule has 1 N–H and O–H groups in total. The number of hydrogen-bond acceptors (Lipinski definition) is 4. The smallest absolute Gasteiger partial charge is 0.152 e. The fourth-order valence-corrected chi connectivity index (χ4v) is 2.90. The fraction of sp³-hybridized carbons (Fsp3) is 0.294. The first-order valence-electron chi connectivity index (χ1n) is 7.59. The van der Waals surface area contributed by atoms with Gasteiger partial charge in [0.15, 0.2) is 5.82 Å². The predicted octanol–water partition coefficient (Wildman–Crippen LogP) is 2.63. The molecule has 5 nitrogen and oxygen atoms in total. The zero-order chi connectivity index (χ0) is 14.9. The summed E-state index contributed by atoms with van der Waals surface area (Å²) in [7, 11) is 0. The van der Waals surface area contributed by atoms with Crippen molar-refractivity contribution in [2.45, 2.75) is 19.8 Å². The van der Waals surface area contributed by atoms with Gasteiger partial charge in [0.2, 0.25) is 0 Å². The molecule has 0 atom stereocenters. The first kappa shape index (κ1) is 13.1. The molecule has 0 spiro atoms. The Labute approximate surface area is 128 Å². The molecule has 22 heavy (non-hydrogen) atoms. The van der Waals surface area contributed by atoms with E-state index < -0.39 is 0 Å². The van der Waals surface area contributed by atoms with E-state index in [1.165, 1.54) is 11.1 Å². The fourth-order valence-electron chi connectivity index (χ4n) is 2.90. The Hall–Kier alpha value is -2.56. The normalized spacial score (nSPS) is 13.1. The summed E-state index contributed by atoms with van der Waals surface area (Å²) >= 11 is 0. The number of rotatable bonds is 4. The molecule has 0 radical (unpaired) electrons. The van der Waals surface area contributed by atoms with Crippen molar-refractivity contribution in [1.82, 2.24) is 14.6 Å². The minimum atomic E-state index is 0.809. The van der Waals surface area contributed by atoms with E-state index in [0.717, 1.165) is 48.8 Å². The zero-order valence-electron chi connectivity index (χ0n) is 12.5. The molecule has 3 heterocycles. The second kappa shape index (κ2) is 5.33. The van der Waals surface area contributed by atoms with Crippen LogP contribution in [0.3, 0.4) is 0 Å². The molecule has 1 aliphatic rings. The molecule has 5 heteroatoms. The molecule has 0 fully saturated rings. The average molecular weight is 294 g/mol. The number of benzene rings is 1. The number of ether oxygens (including phenoxy) is 1. The highest BCUT2D eigenvalue weighted by atomic mass is 16.5. The lowest BCUT2D eigenvalue weighted by molar-refractivity contribution is 0.357. The number of nitrogens with one attached hydrogen (secondary N) is 1. The minimum Gasteiger partial charge on any atom is -0.493 e. The molecule has 0 aliphatic carbocycles. The minimum absolute atomic E-state index is 0.809. The third-order valence-corrected chi connectivity index (χ3v) is 3.97. The Morgan fingerprint density at radius 2 is 2.27 bits per heavy atom. The molecule has 3 aromatic rings. The lowest BCUT2D eigenvalue weighted by Crippen LogP contribution is -2.07. The van der Waals surface area contributed by atoms with Crippen LogP contribution in [0.1, 0.15) is 16.8 Å². The van der Waals surface area contributed by atoms with Gasteiger partial charge in [-0.05, 0) is 36.6 Å². The van der Waals surface area contributed by atoms with Gasteiger partial charge in [-0.2, -0.15) is 5.10 Å². The first-order chi connectivity index (χ1) is 10.8. The van der Waals surface area contributed by atoms with Crippen molar-refractivity contribution in [1.29, 1.82) is 0 Å². The van der Waals surface area contributed by atoms with E-state index in [-0.39, 0.29) is 0 Å². The van der Waals surface area contributed by atoms with Crippen LogP contribution in [0.15, 0.2) is 36.7 Å². The van der Waals surface area contributed by atoms with Crippen molar-refractivity contribution in [2.24, 2.45) is 0 Å². The van der Waals surface area contributed by atoms with Crippen molar-refractivity contribution in [3.8, 4) is 5.75 Å². The van der Waals surface area contributed by atoms with Gasteiger partial charge in [0.1, 0.15) is 11.3 Å². The first-order valence-corrected chi connectivity index (χ1v) is 7.59. The second-order valence-electron chi connectivity index (χ2n) is 5.61. The van der Waals surface area contributed by atoms with Crippen molar-refractivity contribution in [3.05, 3.63) is 53.5 Å². The molecule has 0 amide bonds. The van der Waals surface area contributed by atoms with E-state index in [9.17, 15) is 0 Å². The van der Waals surface area contributed by atoms with Gasteiger partial charge < -0.3 is 10.1 Å². The highest BCUT2D eigenvalue weighted by Gasteiger charge is 2.12. The molecular weight excluding hydrogens is 276 g/mol.